The summed E-state index contributed by atoms with van der Waals surface area (Å²) in [6, 6.07) is 0. The summed E-state index contributed by atoms with van der Waals surface area (Å²) in [6.45, 7) is 5.14. The molecule has 1 radical (unpaired) electrons. The molecule has 0 unspecified atom stereocenters. The van der Waals surface area contributed by atoms with E-state index in [1.165, 1.54) is 5.92 Å². The molecule has 0 heterocycles. The molecule has 0 aromatic carbocycles. The van der Waals surface area contributed by atoms with E-state index >= 15 is 0 Å². The van der Waals surface area contributed by atoms with Gasteiger partial charge in [0.25, 0.3) is 0 Å². The molecule has 0 aromatic rings. The number of hydrogen-bond acceptors (Lipinski definition) is 2. The van der Waals surface area contributed by atoms with Crippen LogP contribution in [0.15, 0.2) is 0 Å². The van der Waals surface area contributed by atoms with Gasteiger partial charge in [-0.2, -0.15) is 0 Å². The van der Waals surface area contributed by atoms with Crippen LogP contribution in [-0.4, -0.2) is 20.5 Å². The highest BCUT2D eigenvalue weighted by molar-refractivity contribution is 4.74. The van der Waals surface area contributed by atoms with E-state index in [1.807, 2.05) is 13.8 Å². The summed E-state index contributed by atoms with van der Waals surface area (Å²) in [5.41, 5.74) is 0. The molecule has 0 fully saturated rings. The number of ether oxygens (including phenoxy) is 2. The Morgan fingerprint density at radius 1 is 1.38 bits per heavy atom. The van der Waals surface area contributed by atoms with Gasteiger partial charge in [0.2, 0.25) is 0 Å². The van der Waals surface area contributed by atoms with Gasteiger partial charge in [-0.3, -0.25) is 0 Å². The molecule has 0 saturated heterocycles. The first-order valence-corrected chi connectivity index (χ1v) is 2.63. The van der Waals surface area contributed by atoms with Crippen LogP contribution in [-0.2, 0) is 9.47 Å². The minimum absolute atomic E-state index is 0.394. The van der Waals surface area contributed by atoms with Gasteiger partial charge < -0.3 is 9.47 Å². The smallest absolute Gasteiger partial charge is 0.146 e. The molecule has 2 heteroatoms. The molecule has 0 aromatic heterocycles. The van der Waals surface area contributed by atoms with Crippen molar-refractivity contribution in [1.82, 2.24) is 0 Å². The average Bonchev–Trinajstić information content (AvgIpc) is 1.66. The maximum absolute atomic E-state index is 4.98. The van der Waals surface area contributed by atoms with Crippen molar-refractivity contribution in [3.63, 3.8) is 0 Å². The molecule has 49 valence electrons. The predicted octanol–water partition coefficient (Wildman–Crippen LogP) is 1.22. The van der Waals surface area contributed by atoms with Crippen molar-refractivity contribution in [1.29, 1.82) is 0 Å². The summed E-state index contributed by atoms with van der Waals surface area (Å²) < 4.78 is 9.64. The van der Waals surface area contributed by atoms with E-state index in [2.05, 4.69) is 4.74 Å². The maximum atomic E-state index is 4.98. The van der Waals surface area contributed by atoms with Crippen LogP contribution in [0.5, 0.6) is 0 Å². The Balaban J connectivity index is 2.72. The van der Waals surface area contributed by atoms with Crippen LogP contribution >= 0.6 is 0 Å². The Morgan fingerprint density at radius 2 is 2.00 bits per heavy atom. The molecule has 0 aliphatic carbocycles. The second-order valence-electron chi connectivity index (χ2n) is 1.96. The molecular weight excluding hydrogens is 104 g/mol. The second-order valence-corrected chi connectivity index (χ2v) is 1.96. The van der Waals surface area contributed by atoms with E-state index in [0.717, 1.165) is 0 Å². The summed E-state index contributed by atoms with van der Waals surface area (Å²) in [5.74, 6) is 1.27. The Morgan fingerprint density at radius 3 is 2.38 bits per heavy atom. The van der Waals surface area contributed by atoms with E-state index in [0.29, 0.717) is 13.4 Å². The first kappa shape index (κ1) is 7.92. The molecule has 0 rings (SSSR count). The third kappa shape index (κ3) is 5.92. The van der Waals surface area contributed by atoms with E-state index < -0.39 is 0 Å². The summed E-state index contributed by atoms with van der Waals surface area (Å²) in [5, 5.41) is 0. The zero-order chi connectivity index (χ0) is 6.41. The van der Waals surface area contributed by atoms with Crippen LogP contribution in [0.4, 0.5) is 0 Å². The van der Waals surface area contributed by atoms with Crippen molar-refractivity contribution in [2.24, 2.45) is 0 Å². The summed E-state index contributed by atoms with van der Waals surface area (Å²) in [7, 11) is 1.62. The highest BCUT2D eigenvalue weighted by atomic mass is 16.7. The molecule has 2 nitrogen and oxygen atoms in total. The lowest BCUT2D eigenvalue weighted by atomic mass is 10.2. The Hall–Kier alpha value is -0.0800. The molecule has 0 aliphatic heterocycles. The maximum Gasteiger partial charge on any atom is 0.146 e. The number of rotatable bonds is 4. The summed E-state index contributed by atoms with van der Waals surface area (Å²) >= 11 is 0. The van der Waals surface area contributed by atoms with E-state index in [4.69, 9.17) is 4.74 Å². The van der Waals surface area contributed by atoms with Crippen LogP contribution in [0, 0.1) is 5.92 Å². The van der Waals surface area contributed by atoms with Crippen molar-refractivity contribution >= 4 is 0 Å². The monoisotopic (exact) mass is 117 g/mol. The Bertz CT molecular complexity index is 43.8. The minimum Gasteiger partial charge on any atom is -0.359 e. The second kappa shape index (κ2) is 5.06. The predicted molar refractivity (Wildman–Crippen MR) is 32.4 cm³/mol. The molecule has 0 N–H and O–H groups in total. The van der Waals surface area contributed by atoms with E-state index in [-0.39, 0.29) is 0 Å². The number of methoxy groups -OCH3 is 1. The lowest BCUT2D eigenvalue weighted by Gasteiger charge is -2.03. The molecule has 0 bridgehead atoms. The molecule has 0 aliphatic rings. The van der Waals surface area contributed by atoms with Crippen LogP contribution in [0.2, 0.25) is 0 Å². The SMILES string of the molecule is COCOC[C](C)C. The zero-order valence-corrected chi connectivity index (χ0v) is 5.73. The highest BCUT2D eigenvalue weighted by Crippen LogP contribution is 1.93. The van der Waals surface area contributed by atoms with Crippen LogP contribution in [0.25, 0.3) is 0 Å². The van der Waals surface area contributed by atoms with Crippen molar-refractivity contribution < 1.29 is 9.47 Å². The third-order valence-electron chi connectivity index (χ3n) is 0.592. The largest absolute Gasteiger partial charge is 0.359 e. The fourth-order valence-electron chi connectivity index (χ4n) is 0.329. The Kier molecular flexibility index (Phi) is 5.01. The standard InChI is InChI=1S/C6H13O2/c1-6(2)4-8-5-7-3/h4-5H2,1-3H3. The van der Waals surface area contributed by atoms with Gasteiger partial charge in [-0.05, 0) is 5.92 Å². The fraction of sp³-hybridized carbons (Fsp3) is 0.833. The van der Waals surface area contributed by atoms with Gasteiger partial charge in [-0.1, -0.05) is 13.8 Å². The highest BCUT2D eigenvalue weighted by Gasteiger charge is 1.90. The van der Waals surface area contributed by atoms with Gasteiger partial charge >= 0.3 is 0 Å². The zero-order valence-electron chi connectivity index (χ0n) is 5.73. The van der Waals surface area contributed by atoms with Gasteiger partial charge in [0.1, 0.15) is 6.79 Å². The van der Waals surface area contributed by atoms with Crippen molar-refractivity contribution in [2.45, 2.75) is 13.8 Å². The van der Waals surface area contributed by atoms with Gasteiger partial charge in [0, 0.05) is 7.11 Å². The first-order chi connectivity index (χ1) is 3.77. The Labute approximate surface area is 50.8 Å². The van der Waals surface area contributed by atoms with Crippen LogP contribution < -0.4 is 0 Å². The van der Waals surface area contributed by atoms with Gasteiger partial charge in [-0.15, -0.1) is 0 Å². The summed E-state index contributed by atoms with van der Waals surface area (Å²) in [6.07, 6.45) is 0. The third-order valence-corrected chi connectivity index (χ3v) is 0.592. The molecule has 0 amide bonds. The van der Waals surface area contributed by atoms with Crippen molar-refractivity contribution in [3.05, 3.63) is 5.92 Å². The average molecular weight is 117 g/mol. The fourth-order valence-corrected chi connectivity index (χ4v) is 0.329. The molecule has 8 heavy (non-hydrogen) atoms. The van der Waals surface area contributed by atoms with Gasteiger partial charge in [-0.25, -0.2) is 0 Å². The van der Waals surface area contributed by atoms with Gasteiger partial charge in [0.15, 0.2) is 0 Å². The van der Waals surface area contributed by atoms with Crippen molar-refractivity contribution in [3.8, 4) is 0 Å². The molecule has 0 spiro atoms. The van der Waals surface area contributed by atoms with Crippen LogP contribution in [0.3, 0.4) is 0 Å². The van der Waals surface area contributed by atoms with E-state index in [1.54, 1.807) is 7.11 Å². The molecule has 0 atom stereocenters. The molecule has 0 saturated carbocycles. The van der Waals surface area contributed by atoms with E-state index in [9.17, 15) is 0 Å². The topological polar surface area (TPSA) is 18.5 Å². The number of hydrogen-bond donors (Lipinski definition) is 0. The minimum atomic E-state index is 0.394. The first-order valence-electron chi connectivity index (χ1n) is 2.63. The van der Waals surface area contributed by atoms with Gasteiger partial charge in [0.05, 0.1) is 6.61 Å². The quantitative estimate of drug-likeness (QED) is 0.407. The lowest BCUT2D eigenvalue weighted by molar-refractivity contribution is -0.0255. The summed E-state index contributed by atoms with van der Waals surface area (Å²) in [4.78, 5) is 0. The van der Waals surface area contributed by atoms with Crippen molar-refractivity contribution in [2.75, 3.05) is 20.5 Å². The molecular formula is C6H13O2. The van der Waals surface area contributed by atoms with Crippen LogP contribution in [0.1, 0.15) is 13.8 Å². The normalized spacial score (nSPS) is 10.5. The lowest BCUT2D eigenvalue weighted by Crippen LogP contribution is -2.02.